The van der Waals surface area contributed by atoms with Gasteiger partial charge in [0.2, 0.25) is 5.95 Å². The van der Waals surface area contributed by atoms with Gasteiger partial charge in [-0.25, -0.2) is 0 Å². The molecule has 0 bridgehead atoms. The lowest BCUT2D eigenvalue weighted by atomic mass is 10.1. The summed E-state index contributed by atoms with van der Waals surface area (Å²) in [4.78, 5) is 9.24. The van der Waals surface area contributed by atoms with Gasteiger partial charge in [0, 0.05) is 30.6 Å². The van der Waals surface area contributed by atoms with Crippen molar-refractivity contribution in [1.82, 2.24) is 19.6 Å². The van der Waals surface area contributed by atoms with Crippen LogP contribution in [0.2, 0.25) is 0 Å². The van der Waals surface area contributed by atoms with Crippen LogP contribution < -0.4 is 15.8 Å². The molecule has 8 nitrogen and oxygen atoms in total. The zero-order chi connectivity index (χ0) is 19.5. The number of hydrogen-bond donors (Lipinski definition) is 2. The fraction of sp³-hybridized carbons (Fsp3) is 0.450. The maximum absolute atomic E-state index is 6.08. The lowest BCUT2D eigenvalue weighted by Gasteiger charge is -2.22. The van der Waals surface area contributed by atoms with Crippen molar-refractivity contribution < 1.29 is 9.47 Å². The fourth-order valence-electron chi connectivity index (χ4n) is 3.28. The van der Waals surface area contributed by atoms with Gasteiger partial charge in [-0.15, -0.1) is 0 Å². The molecule has 3 heterocycles. The van der Waals surface area contributed by atoms with Crippen molar-refractivity contribution in [3.8, 4) is 6.01 Å². The molecule has 0 atom stereocenters. The van der Waals surface area contributed by atoms with Gasteiger partial charge < -0.3 is 20.5 Å². The quantitative estimate of drug-likeness (QED) is 0.632. The molecule has 0 unspecified atom stereocenters. The molecule has 1 saturated heterocycles. The van der Waals surface area contributed by atoms with Crippen molar-refractivity contribution in [1.29, 1.82) is 0 Å². The molecule has 1 aliphatic rings. The van der Waals surface area contributed by atoms with E-state index in [2.05, 4.69) is 34.2 Å². The molecular formula is C20H26N6O2. The molecule has 28 heavy (non-hydrogen) atoms. The third-order valence-corrected chi connectivity index (χ3v) is 4.84. The number of ether oxygens (including phenoxy) is 2. The summed E-state index contributed by atoms with van der Waals surface area (Å²) in [7, 11) is 0. The van der Waals surface area contributed by atoms with Crippen molar-refractivity contribution in [2.75, 3.05) is 24.3 Å². The molecule has 1 fully saturated rings. The largest absolute Gasteiger partial charge is 0.460 e. The highest BCUT2D eigenvalue weighted by Gasteiger charge is 2.20. The van der Waals surface area contributed by atoms with E-state index in [9.17, 15) is 0 Å². The Morgan fingerprint density at radius 1 is 1.29 bits per heavy atom. The Morgan fingerprint density at radius 3 is 2.86 bits per heavy atom. The molecule has 0 saturated carbocycles. The highest BCUT2D eigenvalue weighted by atomic mass is 16.5. The van der Waals surface area contributed by atoms with Gasteiger partial charge >= 0.3 is 6.01 Å². The maximum Gasteiger partial charge on any atom is 0.322 e. The molecule has 148 valence electrons. The van der Waals surface area contributed by atoms with Crippen LogP contribution in [0.3, 0.4) is 0 Å². The third kappa shape index (κ3) is 4.01. The molecule has 8 heteroatoms. The Balaban J connectivity index is 1.64. The summed E-state index contributed by atoms with van der Waals surface area (Å²) in [6.45, 7) is 6.23. The van der Waals surface area contributed by atoms with Gasteiger partial charge in [0.05, 0.1) is 19.4 Å². The molecule has 0 radical (unpaired) electrons. The zero-order valence-corrected chi connectivity index (χ0v) is 16.3. The Morgan fingerprint density at radius 2 is 2.11 bits per heavy atom. The number of nitrogen functional groups attached to an aromatic ring is 1. The van der Waals surface area contributed by atoms with Gasteiger partial charge in [-0.2, -0.15) is 19.6 Å². The van der Waals surface area contributed by atoms with E-state index in [0.717, 1.165) is 35.3 Å². The molecule has 0 spiro atoms. The number of fused-ring (bicyclic) bond motifs is 1. The van der Waals surface area contributed by atoms with Crippen LogP contribution in [-0.2, 0) is 11.3 Å². The molecule has 1 aromatic carbocycles. The van der Waals surface area contributed by atoms with Crippen LogP contribution in [0.15, 0.2) is 30.5 Å². The predicted molar refractivity (Wildman–Crippen MR) is 108 cm³/mol. The van der Waals surface area contributed by atoms with Gasteiger partial charge in [-0.1, -0.05) is 26.0 Å². The minimum Gasteiger partial charge on any atom is -0.460 e. The monoisotopic (exact) mass is 382 g/mol. The van der Waals surface area contributed by atoms with Gasteiger partial charge in [-0.05, 0) is 23.6 Å². The van der Waals surface area contributed by atoms with Crippen LogP contribution in [0, 0.1) is 0 Å². The Kier molecular flexibility index (Phi) is 5.29. The third-order valence-electron chi connectivity index (χ3n) is 4.84. The van der Waals surface area contributed by atoms with Crippen LogP contribution in [0.4, 0.5) is 11.6 Å². The van der Waals surface area contributed by atoms with Crippen molar-refractivity contribution in [2.24, 2.45) is 0 Å². The van der Waals surface area contributed by atoms with Gasteiger partial charge in [0.25, 0.3) is 0 Å². The predicted octanol–water partition coefficient (Wildman–Crippen LogP) is 3.00. The van der Waals surface area contributed by atoms with E-state index < -0.39 is 0 Å². The fourth-order valence-corrected chi connectivity index (χ4v) is 3.28. The standard InChI is InChI=1S/C20H26N6O2/c1-13(2)17-12-23-26-18(17)24-20(28-16-6-8-27-9-7-16)25-19(26)22-11-14-4-3-5-15(21)10-14/h3-5,10,12-13,16H,6-9,11,21H2,1-2H3,(H,22,24,25). The zero-order valence-electron chi connectivity index (χ0n) is 16.3. The highest BCUT2D eigenvalue weighted by molar-refractivity contribution is 5.53. The van der Waals surface area contributed by atoms with E-state index in [1.54, 1.807) is 4.52 Å². The van der Waals surface area contributed by atoms with Crippen molar-refractivity contribution in [3.63, 3.8) is 0 Å². The number of rotatable bonds is 6. The molecule has 2 aromatic heterocycles. The van der Waals surface area contributed by atoms with Crippen LogP contribution >= 0.6 is 0 Å². The van der Waals surface area contributed by atoms with E-state index in [1.165, 1.54) is 0 Å². The first-order valence-corrected chi connectivity index (χ1v) is 9.68. The lowest BCUT2D eigenvalue weighted by Crippen LogP contribution is -2.27. The number of nitrogens with one attached hydrogen (secondary N) is 1. The first-order valence-electron chi connectivity index (χ1n) is 9.68. The van der Waals surface area contributed by atoms with Crippen LogP contribution in [0.25, 0.3) is 5.65 Å². The number of nitrogens with two attached hydrogens (primary N) is 1. The maximum atomic E-state index is 6.08. The SMILES string of the molecule is CC(C)c1cnn2c(NCc3cccc(N)c3)nc(OC3CCOCC3)nc12. The Labute approximate surface area is 164 Å². The van der Waals surface area contributed by atoms with E-state index in [-0.39, 0.29) is 6.10 Å². The second kappa shape index (κ2) is 8.02. The molecule has 0 amide bonds. The van der Waals surface area contributed by atoms with Gasteiger partial charge in [-0.3, -0.25) is 0 Å². The summed E-state index contributed by atoms with van der Waals surface area (Å²) in [6, 6.07) is 8.13. The van der Waals surface area contributed by atoms with Crippen molar-refractivity contribution in [3.05, 3.63) is 41.6 Å². The molecule has 3 aromatic rings. The first-order chi connectivity index (χ1) is 13.6. The highest BCUT2D eigenvalue weighted by Crippen LogP contribution is 2.24. The lowest BCUT2D eigenvalue weighted by molar-refractivity contribution is 0.0218. The summed E-state index contributed by atoms with van der Waals surface area (Å²) in [5.41, 5.74) is 9.51. The smallest absolute Gasteiger partial charge is 0.322 e. The van der Waals surface area contributed by atoms with E-state index in [4.69, 9.17) is 15.2 Å². The first kappa shape index (κ1) is 18.5. The number of nitrogens with zero attached hydrogens (tertiary/aromatic N) is 4. The minimum atomic E-state index is 0.0726. The van der Waals surface area contributed by atoms with E-state index in [1.807, 2.05) is 30.5 Å². The Bertz CT molecular complexity index is 949. The number of anilines is 2. The van der Waals surface area contributed by atoms with Crippen LogP contribution in [-0.4, -0.2) is 38.9 Å². The van der Waals surface area contributed by atoms with Crippen molar-refractivity contribution in [2.45, 2.75) is 45.3 Å². The summed E-state index contributed by atoms with van der Waals surface area (Å²) < 4.78 is 13.2. The van der Waals surface area contributed by atoms with E-state index in [0.29, 0.717) is 37.6 Å². The summed E-state index contributed by atoms with van der Waals surface area (Å²) in [6.07, 6.45) is 3.61. The summed E-state index contributed by atoms with van der Waals surface area (Å²) in [5.74, 6) is 0.895. The van der Waals surface area contributed by atoms with E-state index >= 15 is 0 Å². The van der Waals surface area contributed by atoms with Crippen LogP contribution in [0.5, 0.6) is 6.01 Å². The summed E-state index contributed by atoms with van der Waals surface area (Å²) >= 11 is 0. The van der Waals surface area contributed by atoms with Gasteiger partial charge in [0.1, 0.15) is 6.10 Å². The number of benzene rings is 1. The average molecular weight is 382 g/mol. The molecule has 3 N–H and O–H groups in total. The number of aromatic nitrogens is 4. The minimum absolute atomic E-state index is 0.0726. The second-order valence-electron chi connectivity index (χ2n) is 7.35. The molecule has 1 aliphatic heterocycles. The number of hydrogen-bond acceptors (Lipinski definition) is 7. The summed E-state index contributed by atoms with van der Waals surface area (Å²) in [5, 5.41) is 7.84. The molecule has 0 aliphatic carbocycles. The topological polar surface area (TPSA) is 99.6 Å². The van der Waals surface area contributed by atoms with Crippen LogP contribution in [0.1, 0.15) is 43.7 Å². The Hall–Kier alpha value is -2.87. The molecular weight excluding hydrogens is 356 g/mol. The normalized spacial score (nSPS) is 15.2. The van der Waals surface area contributed by atoms with Gasteiger partial charge in [0.15, 0.2) is 5.65 Å². The molecule has 4 rings (SSSR count). The van der Waals surface area contributed by atoms with Crippen molar-refractivity contribution >= 4 is 17.3 Å². The average Bonchev–Trinajstić information content (AvgIpc) is 3.11. The second-order valence-corrected chi connectivity index (χ2v) is 7.35.